The maximum Gasteiger partial charge on any atom is 0.228 e. The van der Waals surface area contributed by atoms with E-state index in [0.29, 0.717) is 6.42 Å². The van der Waals surface area contributed by atoms with E-state index in [9.17, 15) is 4.79 Å². The van der Waals surface area contributed by atoms with Crippen molar-refractivity contribution in [1.29, 1.82) is 0 Å². The molecule has 0 radical (unpaired) electrons. The zero-order valence-corrected chi connectivity index (χ0v) is 15.1. The monoisotopic (exact) mass is 493 g/mol. The Morgan fingerprint density at radius 3 is 2.42 bits per heavy atom. The number of hydrogen-bond acceptors (Lipinski definition) is 1. The molecular weight excluding hydrogens is 485 g/mol. The molecule has 2 rings (SSSR count). The van der Waals surface area contributed by atoms with Crippen LogP contribution >= 0.6 is 54.5 Å². The molecule has 0 aliphatic rings. The molecule has 5 heteroatoms. The first-order valence-corrected chi connectivity index (χ1v) is 8.20. The van der Waals surface area contributed by atoms with Crippen LogP contribution in [0, 0.1) is 3.57 Å². The Hall–Kier alpha value is -0.400. The molecule has 19 heavy (non-hydrogen) atoms. The zero-order valence-electron chi connectivity index (χ0n) is 9.79. The molecule has 0 aliphatic heterocycles. The minimum Gasteiger partial charge on any atom is -0.326 e. The molecule has 0 spiro atoms. The molecule has 2 nitrogen and oxygen atoms in total. The van der Waals surface area contributed by atoms with E-state index in [1.807, 2.05) is 42.5 Å². The summed E-state index contributed by atoms with van der Waals surface area (Å²) in [6, 6.07) is 13.5. The van der Waals surface area contributed by atoms with E-state index in [1.165, 1.54) is 0 Å². The Labute approximate surface area is 142 Å². The minimum absolute atomic E-state index is 0.0135. The van der Waals surface area contributed by atoms with Gasteiger partial charge in [0, 0.05) is 18.2 Å². The van der Waals surface area contributed by atoms with Gasteiger partial charge >= 0.3 is 0 Å². The Kier molecular flexibility index (Phi) is 5.41. The van der Waals surface area contributed by atoms with E-state index in [0.717, 1.165) is 23.8 Å². The van der Waals surface area contributed by atoms with Gasteiger partial charge in [-0.1, -0.05) is 28.1 Å². The number of hydrogen-bond donors (Lipinski definition) is 1. The number of carbonyl (C=O) groups excluding carboxylic acids is 1. The fourth-order valence-electron chi connectivity index (χ4n) is 1.57. The lowest BCUT2D eigenvalue weighted by Crippen LogP contribution is -2.14. The van der Waals surface area contributed by atoms with Gasteiger partial charge in [-0.2, -0.15) is 0 Å². The molecule has 0 saturated carbocycles. The predicted molar refractivity (Wildman–Crippen MR) is 93.3 cm³/mol. The van der Waals surface area contributed by atoms with Gasteiger partial charge in [-0.25, -0.2) is 0 Å². The first-order valence-electron chi connectivity index (χ1n) is 5.54. The van der Waals surface area contributed by atoms with E-state index in [4.69, 9.17) is 0 Å². The maximum absolute atomic E-state index is 11.9. The van der Waals surface area contributed by atoms with Gasteiger partial charge in [0.2, 0.25) is 5.91 Å². The lowest BCUT2D eigenvalue weighted by molar-refractivity contribution is -0.115. The predicted octanol–water partition coefficient (Wildman–Crippen LogP) is 5.00. The van der Waals surface area contributed by atoms with E-state index >= 15 is 0 Å². The van der Waals surface area contributed by atoms with Crippen LogP contribution in [0.4, 0.5) is 5.69 Å². The number of carbonyl (C=O) groups is 1. The molecule has 0 atom stereocenters. The number of nitrogens with one attached hydrogen (secondary N) is 1. The lowest BCUT2D eigenvalue weighted by Gasteiger charge is -2.07. The molecule has 98 valence electrons. The molecule has 0 fully saturated rings. The summed E-state index contributed by atoms with van der Waals surface area (Å²) in [5, 5.41) is 2.90. The van der Waals surface area contributed by atoms with Gasteiger partial charge in [0.1, 0.15) is 0 Å². The van der Waals surface area contributed by atoms with Crippen molar-refractivity contribution in [3.63, 3.8) is 0 Å². The van der Waals surface area contributed by atoms with Crippen LogP contribution in [0.5, 0.6) is 0 Å². The van der Waals surface area contributed by atoms with E-state index < -0.39 is 0 Å². The third-order valence-corrected chi connectivity index (χ3v) is 5.34. The lowest BCUT2D eigenvalue weighted by atomic mass is 10.1. The fourth-order valence-corrected chi connectivity index (χ4v) is 2.59. The molecule has 2 aromatic carbocycles. The highest BCUT2D eigenvalue weighted by atomic mass is 127. The summed E-state index contributed by atoms with van der Waals surface area (Å²) < 4.78 is 3.11. The highest BCUT2D eigenvalue weighted by Gasteiger charge is 2.05. The van der Waals surface area contributed by atoms with Crippen LogP contribution in [-0.4, -0.2) is 5.91 Å². The minimum atomic E-state index is -0.0135. The molecule has 0 heterocycles. The molecule has 0 unspecified atom stereocenters. The Balaban J connectivity index is 2.01. The maximum atomic E-state index is 11.9. The van der Waals surface area contributed by atoms with Crippen molar-refractivity contribution in [2.45, 2.75) is 6.42 Å². The van der Waals surface area contributed by atoms with Gasteiger partial charge in [-0.3, -0.25) is 4.79 Å². The molecule has 2 aromatic rings. The van der Waals surface area contributed by atoms with Gasteiger partial charge in [0.25, 0.3) is 0 Å². The van der Waals surface area contributed by atoms with Crippen LogP contribution in [-0.2, 0) is 11.2 Å². The van der Waals surface area contributed by atoms with Crippen molar-refractivity contribution in [2.24, 2.45) is 0 Å². The summed E-state index contributed by atoms with van der Waals surface area (Å²) in [7, 11) is 0. The van der Waals surface area contributed by atoms with Crippen LogP contribution in [0.2, 0.25) is 0 Å². The van der Waals surface area contributed by atoms with E-state index in [1.54, 1.807) is 0 Å². The second kappa shape index (κ2) is 6.85. The standard InChI is InChI=1S/C14H10Br2INO/c15-10-3-1-9(2-4-10)7-14(19)18-11-5-6-12(16)13(17)8-11/h1-6,8H,7H2,(H,18,19). The number of anilines is 1. The second-order valence-electron chi connectivity index (χ2n) is 3.98. The van der Waals surface area contributed by atoms with Crippen LogP contribution in [0.15, 0.2) is 51.4 Å². The Morgan fingerprint density at radius 2 is 1.79 bits per heavy atom. The summed E-state index contributed by atoms with van der Waals surface area (Å²) in [5.74, 6) is -0.0135. The topological polar surface area (TPSA) is 29.1 Å². The van der Waals surface area contributed by atoms with Crippen molar-refractivity contribution in [3.8, 4) is 0 Å². The van der Waals surface area contributed by atoms with Crippen LogP contribution in [0.1, 0.15) is 5.56 Å². The molecule has 0 aromatic heterocycles. The summed E-state index contributed by atoms with van der Waals surface area (Å²) >= 11 is 9.03. The van der Waals surface area contributed by atoms with Crippen molar-refractivity contribution in [3.05, 3.63) is 60.5 Å². The number of rotatable bonds is 3. The number of halogens is 3. The quantitative estimate of drug-likeness (QED) is 0.598. The summed E-state index contributed by atoms with van der Waals surface area (Å²) in [4.78, 5) is 11.9. The van der Waals surface area contributed by atoms with E-state index in [-0.39, 0.29) is 5.91 Å². The third kappa shape index (κ3) is 4.57. The van der Waals surface area contributed by atoms with Crippen molar-refractivity contribution < 1.29 is 4.79 Å². The zero-order chi connectivity index (χ0) is 13.8. The van der Waals surface area contributed by atoms with Gasteiger partial charge in [-0.05, 0) is 74.4 Å². The van der Waals surface area contributed by atoms with Gasteiger partial charge in [-0.15, -0.1) is 0 Å². The Bertz CT molecular complexity index is 599. The molecule has 1 amide bonds. The Morgan fingerprint density at radius 1 is 1.11 bits per heavy atom. The van der Waals surface area contributed by atoms with Crippen LogP contribution in [0.25, 0.3) is 0 Å². The van der Waals surface area contributed by atoms with Crippen molar-refractivity contribution in [2.75, 3.05) is 5.32 Å². The highest BCUT2D eigenvalue weighted by Crippen LogP contribution is 2.22. The van der Waals surface area contributed by atoms with Gasteiger partial charge in [0.05, 0.1) is 6.42 Å². The summed E-state index contributed by atoms with van der Waals surface area (Å²) in [5.41, 5.74) is 1.81. The largest absolute Gasteiger partial charge is 0.326 e. The van der Waals surface area contributed by atoms with Gasteiger partial charge in [0.15, 0.2) is 0 Å². The molecule has 0 bridgehead atoms. The van der Waals surface area contributed by atoms with Crippen molar-refractivity contribution in [1.82, 2.24) is 0 Å². The normalized spacial score (nSPS) is 10.3. The molecule has 0 aliphatic carbocycles. The van der Waals surface area contributed by atoms with Gasteiger partial charge < -0.3 is 5.32 Å². The average Bonchev–Trinajstić information content (AvgIpc) is 2.37. The molecule has 1 N–H and O–H groups in total. The fraction of sp³-hybridized carbons (Fsp3) is 0.0714. The number of benzene rings is 2. The summed E-state index contributed by atoms with van der Waals surface area (Å²) in [6.07, 6.45) is 0.375. The molecule has 0 saturated heterocycles. The van der Waals surface area contributed by atoms with Crippen LogP contribution in [0.3, 0.4) is 0 Å². The first kappa shape index (κ1) is 15.0. The SMILES string of the molecule is O=C(Cc1ccc(Br)cc1)Nc1ccc(Br)c(I)c1. The van der Waals surface area contributed by atoms with E-state index in [2.05, 4.69) is 59.8 Å². The van der Waals surface area contributed by atoms with Crippen molar-refractivity contribution >= 4 is 66.0 Å². The third-order valence-electron chi connectivity index (χ3n) is 2.48. The van der Waals surface area contributed by atoms with Crippen LogP contribution < -0.4 is 5.32 Å². The average molecular weight is 495 g/mol. The highest BCUT2D eigenvalue weighted by molar-refractivity contribution is 14.1. The smallest absolute Gasteiger partial charge is 0.228 e. The summed E-state index contributed by atoms with van der Waals surface area (Å²) in [6.45, 7) is 0. The first-order chi connectivity index (χ1) is 9.04. The number of amides is 1. The second-order valence-corrected chi connectivity index (χ2v) is 6.91. The molecular formula is C14H10Br2INO.